The van der Waals surface area contributed by atoms with Crippen molar-refractivity contribution in [3.05, 3.63) is 35.5 Å². The third-order valence-electron chi connectivity index (χ3n) is 2.87. The SMILES string of the molecule is Cc1nn(-c2nc3ccccc3s2)c(N)c1C. The quantitative estimate of drug-likeness (QED) is 0.716. The van der Waals surface area contributed by atoms with Gasteiger partial charge >= 0.3 is 0 Å². The third kappa shape index (κ3) is 1.51. The highest BCUT2D eigenvalue weighted by Gasteiger charge is 2.13. The van der Waals surface area contributed by atoms with Crippen LogP contribution in [0.15, 0.2) is 24.3 Å². The molecule has 2 N–H and O–H groups in total. The lowest BCUT2D eigenvalue weighted by Crippen LogP contribution is -2.01. The van der Waals surface area contributed by atoms with Gasteiger partial charge in [-0.1, -0.05) is 23.5 Å². The Morgan fingerprint density at radius 2 is 2.00 bits per heavy atom. The Morgan fingerprint density at radius 1 is 1.24 bits per heavy atom. The molecule has 0 aliphatic rings. The van der Waals surface area contributed by atoms with Crippen LogP contribution in [0.25, 0.3) is 15.3 Å². The Labute approximate surface area is 103 Å². The fourth-order valence-corrected chi connectivity index (χ4v) is 2.65. The average Bonchev–Trinajstić information content (AvgIpc) is 2.86. The van der Waals surface area contributed by atoms with Crippen molar-refractivity contribution in [3.8, 4) is 5.13 Å². The topological polar surface area (TPSA) is 56.7 Å². The van der Waals surface area contributed by atoms with Gasteiger partial charge in [-0.05, 0) is 26.0 Å². The zero-order chi connectivity index (χ0) is 12.0. The number of para-hydroxylation sites is 1. The van der Waals surface area contributed by atoms with Crippen LogP contribution in [0.1, 0.15) is 11.3 Å². The van der Waals surface area contributed by atoms with Crippen LogP contribution in [-0.2, 0) is 0 Å². The summed E-state index contributed by atoms with van der Waals surface area (Å²) in [5.74, 6) is 0.668. The van der Waals surface area contributed by atoms with Crippen molar-refractivity contribution in [2.24, 2.45) is 0 Å². The maximum absolute atomic E-state index is 6.02. The minimum absolute atomic E-state index is 0.668. The van der Waals surface area contributed by atoms with E-state index in [0.717, 1.165) is 26.6 Å². The Morgan fingerprint density at radius 3 is 2.65 bits per heavy atom. The molecule has 4 nitrogen and oxygen atoms in total. The molecule has 0 radical (unpaired) electrons. The maximum atomic E-state index is 6.02. The van der Waals surface area contributed by atoms with E-state index in [4.69, 9.17) is 5.73 Å². The Balaban J connectivity index is 2.23. The van der Waals surface area contributed by atoms with E-state index in [1.165, 1.54) is 0 Å². The lowest BCUT2D eigenvalue weighted by atomic mass is 10.3. The van der Waals surface area contributed by atoms with Gasteiger partial charge in [-0.15, -0.1) is 0 Å². The molecule has 5 heteroatoms. The lowest BCUT2D eigenvalue weighted by molar-refractivity contribution is 0.865. The van der Waals surface area contributed by atoms with Crippen molar-refractivity contribution in [3.63, 3.8) is 0 Å². The highest BCUT2D eigenvalue weighted by molar-refractivity contribution is 7.20. The first-order chi connectivity index (χ1) is 8.16. The van der Waals surface area contributed by atoms with E-state index < -0.39 is 0 Å². The molecule has 0 aliphatic heterocycles. The molecule has 0 fully saturated rings. The van der Waals surface area contributed by atoms with E-state index in [9.17, 15) is 0 Å². The van der Waals surface area contributed by atoms with E-state index in [2.05, 4.69) is 16.1 Å². The highest BCUT2D eigenvalue weighted by Crippen LogP contribution is 2.27. The summed E-state index contributed by atoms with van der Waals surface area (Å²) in [7, 11) is 0. The number of rotatable bonds is 1. The summed E-state index contributed by atoms with van der Waals surface area (Å²) in [5.41, 5.74) is 8.97. The molecule has 2 heterocycles. The van der Waals surface area contributed by atoms with Crippen molar-refractivity contribution in [2.75, 3.05) is 5.73 Å². The van der Waals surface area contributed by atoms with Gasteiger partial charge in [-0.25, -0.2) is 4.98 Å². The maximum Gasteiger partial charge on any atom is 0.213 e. The van der Waals surface area contributed by atoms with E-state index in [1.807, 2.05) is 32.0 Å². The number of aromatic nitrogens is 3. The standard InChI is InChI=1S/C12H12N4S/c1-7-8(2)15-16(11(7)13)12-14-9-5-3-4-6-10(9)17-12/h3-6H,13H2,1-2H3. The fourth-order valence-electron chi connectivity index (χ4n) is 1.72. The van der Waals surface area contributed by atoms with Crippen LogP contribution in [0.4, 0.5) is 5.82 Å². The first kappa shape index (κ1) is 10.3. The number of hydrogen-bond acceptors (Lipinski definition) is 4. The van der Waals surface area contributed by atoms with Crippen LogP contribution in [0.2, 0.25) is 0 Å². The molecule has 0 saturated heterocycles. The Hall–Kier alpha value is -1.88. The number of benzene rings is 1. The van der Waals surface area contributed by atoms with Crippen LogP contribution in [0, 0.1) is 13.8 Å². The van der Waals surface area contributed by atoms with Crippen molar-refractivity contribution in [1.29, 1.82) is 0 Å². The molecule has 3 aromatic rings. The first-order valence-corrected chi connectivity index (χ1v) is 6.16. The zero-order valence-corrected chi connectivity index (χ0v) is 10.5. The lowest BCUT2D eigenvalue weighted by Gasteiger charge is -1.97. The smallest absolute Gasteiger partial charge is 0.213 e. The largest absolute Gasteiger partial charge is 0.383 e. The first-order valence-electron chi connectivity index (χ1n) is 5.34. The van der Waals surface area contributed by atoms with Gasteiger partial charge in [0.15, 0.2) is 0 Å². The summed E-state index contributed by atoms with van der Waals surface area (Å²) in [6.07, 6.45) is 0. The molecule has 3 rings (SSSR count). The van der Waals surface area contributed by atoms with Gasteiger partial charge < -0.3 is 5.73 Å². The molecule has 0 aliphatic carbocycles. The molecule has 0 unspecified atom stereocenters. The number of nitrogen functional groups attached to an aromatic ring is 1. The predicted molar refractivity (Wildman–Crippen MR) is 70.6 cm³/mol. The molecule has 0 atom stereocenters. The second kappa shape index (κ2) is 3.56. The van der Waals surface area contributed by atoms with Crippen LogP contribution in [-0.4, -0.2) is 14.8 Å². The summed E-state index contributed by atoms with van der Waals surface area (Å²) in [5, 5.41) is 5.23. The predicted octanol–water partition coefficient (Wildman–Crippen LogP) is 2.68. The molecule has 1 aromatic carbocycles. The number of thiazole rings is 1. The zero-order valence-electron chi connectivity index (χ0n) is 9.64. The molecule has 86 valence electrons. The van der Waals surface area contributed by atoms with E-state index in [0.29, 0.717) is 5.82 Å². The summed E-state index contributed by atoms with van der Waals surface area (Å²) in [6.45, 7) is 3.93. The molecule has 0 bridgehead atoms. The minimum atomic E-state index is 0.668. The minimum Gasteiger partial charge on any atom is -0.383 e. The molecular weight excluding hydrogens is 232 g/mol. The summed E-state index contributed by atoms with van der Waals surface area (Å²) in [6, 6.07) is 8.03. The van der Waals surface area contributed by atoms with Gasteiger partial charge in [0.1, 0.15) is 5.82 Å². The number of nitrogens with zero attached hydrogens (tertiary/aromatic N) is 3. The Bertz CT molecular complexity index is 663. The second-order valence-corrected chi connectivity index (χ2v) is 4.98. The molecule has 0 spiro atoms. The average molecular weight is 244 g/mol. The molecule has 0 amide bonds. The van der Waals surface area contributed by atoms with Crippen molar-refractivity contribution < 1.29 is 0 Å². The molecule has 2 aromatic heterocycles. The molecular formula is C12H12N4S. The molecule has 0 saturated carbocycles. The monoisotopic (exact) mass is 244 g/mol. The van der Waals surface area contributed by atoms with Gasteiger partial charge in [0.2, 0.25) is 5.13 Å². The van der Waals surface area contributed by atoms with Crippen LogP contribution in [0.3, 0.4) is 0 Å². The van der Waals surface area contributed by atoms with E-state index in [1.54, 1.807) is 16.0 Å². The number of aryl methyl sites for hydroxylation is 1. The van der Waals surface area contributed by atoms with Crippen molar-refractivity contribution in [1.82, 2.24) is 14.8 Å². The van der Waals surface area contributed by atoms with Gasteiger partial charge in [0.05, 0.1) is 15.9 Å². The van der Waals surface area contributed by atoms with Gasteiger partial charge in [0, 0.05) is 5.56 Å². The molecule has 17 heavy (non-hydrogen) atoms. The number of hydrogen-bond donors (Lipinski definition) is 1. The Kier molecular flexibility index (Phi) is 2.16. The summed E-state index contributed by atoms with van der Waals surface area (Å²) < 4.78 is 2.86. The van der Waals surface area contributed by atoms with Crippen LogP contribution in [0.5, 0.6) is 0 Å². The van der Waals surface area contributed by atoms with Crippen LogP contribution < -0.4 is 5.73 Å². The summed E-state index contributed by atoms with van der Waals surface area (Å²) >= 11 is 1.60. The van der Waals surface area contributed by atoms with E-state index >= 15 is 0 Å². The van der Waals surface area contributed by atoms with Gasteiger partial charge in [0.25, 0.3) is 0 Å². The van der Waals surface area contributed by atoms with E-state index in [-0.39, 0.29) is 0 Å². The van der Waals surface area contributed by atoms with Crippen LogP contribution >= 0.6 is 11.3 Å². The number of anilines is 1. The van der Waals surface area contributed by atoms with Crippen molar-refractivity contribution >= 4 is 27.4 Å². The second-order valence-electron chi connectivity index (χ2n) is 3.97. The number of nitrogens with two attached hydrogens (primary N) is 1. The van der Waals surface area contributed by atoms with Gasteiger partial charge in [-0.2, -0.15) is 9.78 Å². The normalized spacial score (nSPS) is 11.2. The fraction of sp³-hybridized carbons (Fsp3) is 0.167. The van der Waals surface area contributed by atoms with Gasteiger partial charge in [-0.3, -0.25) is 0 Å². The van der Waals surface area contributed by atoms with Crippen molar-refractivity contribution in [2.45, 2.75) is 13.8 Å². The third-order valence-corrected chi connectivity index (χ3v) is 3.88. The number of fused-ring (bicyclic) bond motifs is 1. The highest BCUT2D eigenvalue weighted by atomic mass is 32.1. The summed E-state index contributed by atoms with van der Waals surface area (Å²) in [4.78, 5) is 4.54.